The summed E-state index contributed by atoms with van der Waals surface area (Å²) in [7, 11) is 0. The molecule has 0 bridgehead atoms. The highest BCUT2D eigenvalue weighted by Crippen LogP contribution is 2.10. The van der Waals surface area contributed by atoms with Crippen LogP contribution < -0.4 is 11.1 Å². The molecule has 6 heteroatoms. The molecule has 1 atom stereocenters. The fourth-order valence-corrected chi connectivity index (χ4v) is 1.99. The number of benzene rings is 1. The molecular weight excluding hydrogens is 276 g/mol. The second kappa shape index (κ2) is 6.45. The first-order valence-corrected chi connectivity index (χ1v) is 6.54. The number of aromatic nitrogens is 2. The summed E-state index contributed by atoms with van der Waals surface area (Å²) in [5, 5.41) is 2.85. The minimum absolute atomic E-state index is 0.170. The van der Waals surface area contributed by atoms with E-state index in [0.717, 1.165) is 5.56 Å². The zero-order valence-corrected chi connectivity index (χ0v) is 11.8. The number of aryl methyl sites for hydroxylation is 1. The molecule has 0 unspecified atom stereocenters. The molecule has 0 radical (unpaired) electrons. The van der Waals surface area contributed by atoms with Crippen LogP contribution in [0.4, 0.5) is 5.95 Å². The van der Waals surface area contributed by atoms with Crippen molar-refractivity contribution in [3.05, 3.63) is 52.8 Å². The van der Waals surface area contributed by atoms with Gasteiger partial charge in [0.25, 0.3) is 0 Å². The molecule has 3 N–H and O–H groups in total. The first kappa shape index (κ1) is 14.4. The molecule has 0 aliphatic heterocycles. The summed E-state index contributed by atoms with van der Waals surface area (Å²) in [6, 6.07) is 10.5. The Hall–Kier alpha value is -1.98. The van der Waals surface area contributed by atoms with Gasteiger partial charge < -0.3 is 5.73 Å². The number of carbonyl (C=O) groups is 1. The van der Waals surface area contributed by atoms with Crippen molar-refractivity contribution in [3.8, 4) is 0 Å². The SMILES string of the molecule is Cc1cc(Cl)nc(NC(=O)[C@H](N)Cc2ccccc2)n1. The van der Waals surface area contributed by atoms with E-state index in [9.17, 15) is 4.79 Å². The Bertz CT molecular complexity index is 583. The van der Waals surface area contributed by atoms with Gasteiger partial charge in [0, 0.05) is 5.69 Å². The third-order valence-electron chi connectivity index (χ3n) is 2.69. The molecule has 0 aliphatic rings. The molecule has 0 saturated heterocycles. The number of anilines is 1. The Morgan fingerprint density at radius 2 is 2.05 bits per heavy atom. The molecular formula is C14H15ClN4O. The average molecular weight is 291 g/mol. The van der Waals surface area contributed by atoms with E-state index < -0.39 is 6.04 Å². The van der Waals surface area contributed by atoms with Gasteiger partial charge in [0.05, 0.1) is 6.04 Å². The molecule has 0 spiro atoms. The number of nitrogens with zero attached hydrogens (tertiary/aromatic N) is 2. The molecule has 5 nitrogen and oxygen atoms in total. The molecule has 1 amide bonds. The lowest BCUT2D eigenvalue weighted by molar-refractivity contribution is -0.117. The van der Waals surface area contributed by atoms with Crippen molar-refractivity contribution in [2.75, 3.05) is 5.32 Å². The van der Waals surface area contributed by atoms with Crippen LogP contribution in [-0.2, 0) is 11.2 Å². The number of rotatable bonds is 4. The number of carbonyl (C=O) groups excluding carboxylic acids is 1. The van der Waals surface area contributed by atoms with Crippen LogP contribution in [0.5, 0.6) is 0 Å². The maximum absolute atomic E-state index is 12.0. The molecule has 1 heterocycles. The van der Waals surface area contributed by atoms with E-state index in [1.165, 1.54) is 0 Å². The van der Waals surface area contributed by atoms with Crippen molar-refractivity contribution in [3.63, 3.8) is 0 Å². The Labute approximate surface area is 122 Å². The van der Waals surface area contributed by atoms with Crippen LogP contribution in [0.3, 0.4) is 0 Å². The second-order valence-electron chi connectivity index (χ2n) is 4.44. The van der Waals surface area contributed by atoms with Crippen LogP contribution in [-0.4, -0.2) is 21.9 Å². The lowest BCUT2D eigenvalue weighted by atomic mass is 10.1. The highest BCUT2D eigenvalue weighted by Gasteiger charge is 2.15. The van der Waals surface area contributed by atoms with E-state index in [1.54, 1.807) is 13.0 Å². The zero-order chi connectivity index (χ0) is 14.5. The summed E-state index contributed by atoms with van der Waals surface area (Å²) >= 11 is 5.81. The van der Waals surface area contributed by atoms with Gasteiger partial charge >= 0.3 is 0 Å². The summed E-state index contributed by atoms with van der Waals surface area (Å²) < 4.78 is 0. The third-order valence-corrected chi connectivity index (χ3v) is 2.89. The van der Waals surface area contributed by atoms with Crippen molar-refractivity contribution < 1.29 is 4.79 Å². The summed E-state index contributed by atoms with van der Waals surface area (Å²) in [4.78, 5) is 20.0. The molecule has 20 heavy (non-hydrogen) atoms. The lowest BCUT2D eigenvalue weighted by Crippen LogP contribution is -2.37. The molecule has 0 fully saturated rings. The van der Waals surface area contributed by atoms with E-state index in [1.807, 2.05) is 30.3 Å². The van der Waals surface area contributed by atoms with Crippen LogP contribution in [0.25, 0.3) is 0 Å². The van der Waals surface area contributed by atoms with E-state index in [0.29, 0.717) is 12.1 Å². The van der Waals surface area contributed by atoms with Gasteiger partial charge in [-0.05, 0) is 25.0 Å². The molecule has 2 rings (SSSR count). The summed E-state index contributed by atoms with van der Waals surface area (Å²) in [6.07, 6.45) is 0.451. The minimum Gasteiger partial charge on any atom is -0.320 e. The number of nitrogens with one attached hydrogen (secondary N) is 1. The van der Waals surface area contributed by atoms with Crippen molar-refractivity contribution in [2.45, 2.75) is 19.4 Å². The normalized spacial score (nSPS) is 11.9. The smallest absolute Gasteiger partial charge is 0.243 e. The lowest BCUT2D eigenvalue weighted by Gasteiger charge is -2.11. The van der Waals surface area contributed by atoms with Crippen molar-refractivity contribution in [1.82, 2.24) is 9.97 Å². The van der Waals surface area contributed by atoms with Gasteiger partial charge in [-0.1, -0.05) is 41.9 Å². The number of halogens is 1. The monoisotopic (exact) mass is 290 g/mol. The molecule has 104 valence electrons. The summed E-state index contributed by atoms with van der Waals surface area (Å²) in [5.41, 5.74) is 7.55. The van der Waals surface area contributed by atoms with Gasteiger partial charge in [-0.2, -0.15) is 0 Å². The van der Waals surface area contributed by atoms with E-state index in [4.69, 9.17) is 17.3 Å². The largest absolute Gasteiger partial charge is 0.320 e. The molecule has 0 saturated carbocycles. The van der Waals surface area contributed by atoms with Crippen LogP contribution in [0.1, 0.15) is 11.3 Å². The predicted molar refractivity (Wildman–Crippen MR) is 78.5 cm³/mol. The van der Waals surface area contributed by atoms with Crippen LogP contribution in [0.15, 0.2) is 36.4 Å². The van der Waals surface area contributed by atoms with Crippen LogP contribution in [0, 0.1) is 6.92 Å². The first-order chi connectivity index (χ1) is 9.54. The standard InChI is InChI=1S/C14H15ClN4O/c1-9-7-12(15)18-14(17-9)19-13(20)11(16)8-10-5-3-2-4-6-10/h2-7,11H,8,16H2,1H3,(H,17,18,19,20)/t11-/m1/s1. The fourth-order valence-electron chi connectivity index (χ4n) is 1.75. The molecule has 1 aromatic heterocycles. The Morgan fingerprint density at radius 3 is 2.70 bits per heavy atom. The van der Waals surface area contributed by atoms with Gasteiger partial charge in [0.1, 0.15) is 5.15 Å². The van der Waals surface area contributed by atoms with E-state index in [2.05, 4.69) is 15.3 Å². The second-order valence-corrected chi connectivity index (χ2v) is 4.83. The van der Waals surface area contributed by atoms with Gasteiger partial charge in [0.2, 0.25) is 11.9 Å². The summed E-state index contributed by atoms with van der Waals surface area (Å²) in [5.74, 6) is -0.168. The number of hydrogen-bond donors (Lipinski definition) is 2. The number of hydrogen-bond acceptors (Lipinski definition) is 4. The van der Waals surface area contributed by atoms with Gasteiger partial charge in [-0.3, -0.25) is 10.1 Å². The fraction of sp³-hybridized carbons (Fsp3) is 0.214. The highest BCUT2D eigenvalue weighted by molar-refractivity contribution is 6.29. The maximum atomic E-state index is 12.0. The first-order valence-electron chi connectivity index (χ1n) is 6.16. The number of nitrogens with two attached hydrogens (primary N) is 1. The average Bonchev–Trinajstić information content (AvgIpc) is 2.38. The van der Waals surface area contributed by atoms with Crippen LogP contribution >= 0.6 is 11.6 Å². The van der Waals surface area contributed by atoms with Crippen LogP contribution in [0.2, 0.25) is 5.15 Å². The Balaban J connectivity index is 2.00. The Kier molecular flexibility index (Phi) is 4.65. The summed E-state index contributed by atoms with van der Waals surface area (Å²) in [6.45, 7) is 1.77. The van der Waals surface area contributed by atoms with Gasteiger partial charge in [-0.25, -0.2) is 9.97 Å². The zero-order valence-electron chi connectivity index (χ0n) is 11.0. The molecule has 1 aromatic carbocycles. The predicted octanol–water partition coefficient (Wildman–Crippen LogP) is 1.95. The van der Waals surface area contributed by atoms with Crippen molar-refractivity contribution in [1.29, 1.82) is 0 Å². The van der Waals surface area contributed by atoms with Crippen molar-refractivity contribution >= 4 is 23.5 Å². The highest BCUT2D eigenvalue weighted by atomic mass is 35.5. The maximum Gasteiger partial charge on any atom is 0.243 e. The quantitative estimate of drug-likeness (QED) is 0.843. The Morgan fingerprint density at radius 1 is 1.35 bits per heavy atom. The molecule has 2 aromatic rings. The number of amides is 1. The van der Waals surface area contributed by atoms with E-state index >= 15 is 0 Å². The van der Waals surface area contributed by atoms with E-state index in [-0.39, 0.29) is 17.0 Å². The molecule has 0 aliphatic carbocycles. The topological polar surface area (TPSA) is 80.9 Å². The van der Waals surface area contributed by atoms with Gasteiger partial charge in [-0.15, -0.1) is 0 Å². The minimum atomic E-state index is -0.666. The van der Waals surface area contributed by atoms with Gasteiger partial charge in [0.15, 0.2) is 0 Å². The third kappa shape index (κ3) is 4.01. The van der Waals surface area contributed by atoms with Crippen molar-refractivity contribution in [2.24, 2.45) is 5.73 Å².